The van der Waals surface area contributed by atoms with Crippen LogP contribution in [0.4, 0.5) is 0 Å². The lowest BCUT2D eigenvalue weighted by Gasteiger charge is -2.46. The van der Waals surface area contributed by atoms with Gasteiger partial charge in [0.15, 0.2) is 0 Å². The fraction of sp³-hybridized carbons (Fsp3) is 1.00. The Morgan fingerprint density at radius 3 is 2.13 bits per heavy atom. The molecule has 0 spiro atoms. The van der Waals surface area contributed by atoms with Gasteiger partial charge in [-0.15, -0.1) is 0 Å². The first-order valence-electron chi connectivity index (χ1n) is 6.67. The highest BCUT2D eigenvalue weighted by Crippen LogP contribution is 2.59. The Hall–Kier alpha value is -0.0400. The van der Waals surface area contributed by atoms with E-state index in [1.807, 2.05) is 0 Å². The maximum absolute atomic E-state index is 5.78. The van der Waals surface area contributed by atoms with Crippen LogP contribution in [0.25, 0.3) is 0 Å². The summed E-state index contributed by atoms with van der Waals surface area (Å²) in [7, 11) is 0. The Balaban J connectivity index is 2.36. The molecule has 0 aromatic carbocycles. The molecule has 2 atom stereocenters. The van der Waals surface area contributed by atoms with E-state index in [0.717, 1.165) is 36.9 Å². The van der Waals surface area contributed by atoms with Gasteiger partial charge in [-0.1, -0.05) is 27.7 Å². The number of hydrogen-bond acceptors (Lipinski definition) is 1. The van der Waals surface area contributed by atoms with E-state index in [9.17, 15) is 0 Å². The molecule has 0 radical (unpaired) electrons. The van der Waals surface area contributed by atoms with Crippen LogP contribution in [0.2, 0.25) is 0 Å². The van der Waals surface area contributed by atoms with E-state index in [0.29, 0.717) is 5.41 Å². The van der Waals surface area contributed by atoms with Crippen molar-refractivity contribution in [3.8, 4) is 0 Å². The molecule has 1 aliphatic carbocycles. The molecule has 1 saturated carbocycles. The molecule has 88 valence electrons. The van der Waals surface area contributed by atoms with E-state index in [1.165, 1.54) is 19.3 Å². The summed E-state index contributed by atoms with van der Waals surface area (Å²) in [5, 5.41) is 0. The van der Waals surface area contributed by atoms with Gasteiger partial charge >= 0.3 is 0 Å². The Morgan fingerprint density at radius 1 is 0.933 bits per heavy atom. The predicted molar refractivity (Wildman–Crippen MR) is 63.8 cm³/mol. The zero-order valence-electron chi connectivity index (χ0n) is 10.8. The van der Waals surface area contributed by atoms with Gasteiger partial charge < -0.3 is 4.74 Å². The van der Waals surface area contributed by atoms with Crippen LogP contribution < -0.4 is 0 Å². The van der Waals surface area contributed by atoms with Gasteiger partial charge in [0.05, 0.1) is 0 Å². The van der Waals surface area contributed by atoms with Crippen molar-refractivity contribution in [1.82, 2.24) is 0 Å². The third-order valence-corrected chi connectivity index (χ3v) is 5.21. The number of ether oxygens (including phenoxy) is 1. The highest BCUT2D eigenvalue weighted by atomic mass is 16.5. The molecule has 1 heterocycles. The summed E-state index contributed by atoms with van der Waals surface area (Å²) in [6, 6.07) is 0. The van der Waals surface area contributed by atoms with E-state index < -0.39 is 0 Å². The molecule has 0 aromatic rings. The molecule has 0 N–H and O–H groups in total. The van der Waals surface area contributed by atoms with Crippen molar-refractivity contribution in [3.05, 3.63) is 0 Å². The van der Waals surface area contributed by atoms with Crippen LogP contribution in [0.5, 0.6) is 0 Å². The van der Waals surface area contributed by atoms with Crippen molar-refractivity contribution in [1.29, 1.82) is 0 Å². The summed E-state index contributed by atoms with van der Waals surface area (Å²) in [6.45, 7) is 11.7. The van der Waals surface area contributed by atoms with Crippen LogP contribution in [0.3, 0.4) is 0 Å². The Kier molecular flexibility index (Phi) is 3.12. The molecular weight excluding hydrogens is 184 g/mol. The average molecular weight is 210 g/mol. The maximum atomic E-state index is 5.78. The van der Waals surface area contributed by atoms with Gasteiger partial charge in [-0.25, -0.2) is 0 Å². The van der Waals surface area contributed by atoms with Gasteiger partial charge in [0.25, 0.3) is 0 Å². The van der Waals surface area contributed by atoms with Crippen LogP contribution in [0.1, 0.15) is 47.0 Å². The van der Waals surface area contributed by atoms with E-state index in [2.05, 4.69) is 27.7 Å². The first-order valence-corrected chi connectivity index (χ1v) is 6.67. The van der Waals surface area contributed by atoms with Gasteiger partial charge in [-0.2, -0.15) is 0 Å². The van der Waals surface area contributed by atoms with Crippen molar-refractivity contribution < 1.29 is 4.74 Å². The van der Waals surface area contributed by atoms with Crippen LogP contribution in [0, 0.1) is 29.1 Å². The van der Waals surface area contributed by atoms with Crippen molar-refractivity contribution in [2.45, 2.75) is 47.0 Å². The van der Waals surface area contributed by atoms with Crippen LogP contribution in [-0.4, -0.2) is 13.2 Å². The molecule has 2 aliphatic rings. The van der Waals surface area contributed by atoms with Crippen molar-refractivity contribution in [2.75, 3.05) is 13.2 Å². The molecule has 2 bridgehead atoms. The van der Waals surface area contributed by atoms with Crippen molar-refractivity contribution in [2.24, 2.45) is 29.1 Å². The number of rotatable bonds is 2. The fourth-order valence-electron chi connectivity index (χ4n) is 4.86. The second-order valence-electron chi connectivity index (χ2n) is 6.14. The lowest BCUT2D eigenvalue weighted by atomic mass is 9.58. The van der Waals surface area contributed by atoms with Crippen molar-refractivity contribution >= 4 is 0 Å². The second-order valence-corrected chi connectivity index (χ2v) is 6.14. The monoisotopic (exact) mass is 210 g/mol. The molecule has 0 amide bonds. The summed E-state index contributed by atoms with van der Waals surface area (Å²) in [5.74, 6) is 3.35. The number of hydrogen-bond donors (Lipinski definition) is 0. The molecule has 2 unspecified atom stereocenters. The molecule has 2 rings (SSSR count). The molecule has 15 heavy (non-hydrogen) atoms. The van der Waals surface area contributed by atoms with Gasteiger partial charge in [0.1, 0.15) is 0 Å². The summed E-state index contributed by atoms with van der Waals surface area (Å²) in [5.41, 5.74) is 0.566. The molecule has 1 aliphatic heterocycles. The average Bonchev–Trinajstić information content (AvgIpc) is 2.35. The van der Waals surface area contributed by atoms with Gasteiger partial charge in [-0.3, -0.25) is 0 Å². The minimum Gasteiger partial charge on any atom is -0.381 e. The topological polar surface area (TPSA) is 9.23 Å². The lowest BCUT2D eigenvalue weighted by Crippen LogP contribution is -2.42. The molecule has 0 aromatic heterocycles. The lowest BCUT2D eigenvalue weighted by molar-refractivity contribution is 0.000898. The second kappa shape index (κ2) is 4.08. The fourth-order valence-corrected chi connectivity index (χ4v) is 4.86. The summed E-state index contributed by atoms with van der Waals surface area (Å²) in [4.78, 5) is 0. The van der Waals surface area contributed by atoms with Crippen molar-refractivity contribution in [3.63, 3.8) is 0 Å². The molecule has 1 heteroatoms. The molecule has 1 saturated heterocycles. The molecular formula is C14H26O. The quantitative estimate of drug-likeness (QED) is 0.675. The minimum atomic E-state index is 0.566. The van der Waals surface area contributed by atoms with E-state index in [4.69, 9.17) is 4.74 Å². The molecule has 2 fully saturated rings. The first kappa shape index (κ1) is 11.4. The van der Waals surface area contributed by atoms with E-state index >= 15 is 0 Å². The zero-order valence-corrected chi connectivity index (χ0v) is 10.8. The third-order valence-electron chi connectivity index (χ3n) is 5.21. The standard InChI is InChI=1S/C14H26O/c1-10(2)14(11(3)4)12-5-6-13(14)9-15-8-7-12/h10-13H,5-9H2,1-4H3. The Bertz CT molecular complexity index is 195. The predicted octanol–water partition coefficient (Wildman–Crippen LogP) is 3.73. The van der Waals surface area contributed by atoms with Crippen LogP contribution in [-0.2, 0) is 4.74 Å². The SMILES string of the molecule is CC(C)C1(C(C)C)C2CCOCC1CC2. The first-order chi connectivity index (χ1) is 7.10. The highest BCUT2D eigenvalue weighted by molar-refractivity contribution is 5.02. The summed E-state index contributed by atoms with van der Waals surface area (Å²) >= 11 is 0. The van der Waals surface area contributed by atoms with Gasteiger partial charge in [0, 0.05) is 13.2 Å². The maximum Gasteiger partial charge on any atom is 0.0499 e. The minimum absolute atomic E-state index is 0.566. The Labute approximate surface area is 94.6 Å². The van der Waals surface area contributed by atoms with Gasteiger partial charge in [0.2, 0.25) is 0 Å². The summed E-state index contributed by atoms with van der Waals surface area (Å²) < 4.78 is 5.78. The largest absolute Gasteiger partial charge is 0.381 e. The van der Waals surface area contributed by atoms with E-state index in [-0.39, 0.29) is 0 Å². The Morgan fingerprint density at radius 2 is 1.53 bits per heavy atom. The third kappa shape index (κ3) is 1.54. The smallest absolute Gasteiger partial charge is 0.0499 e. The number of fused-ring (bicyclic) bond motifs is 2. The zero-order chi connectivity index (χ0) is 11.1. The normalized spacial score (nSPS) is 34.8. The summed E-state index contributed by atoms with van der Waals surface area (Å²) in [6.07, 6.45) is 4.15. The highest BCUT2D eigenvalue weighted by Gasteiger charge is 2.54. The van der Waals surface area contributed by atoms with Gasteiger partial charge in [-0.05, 0) is 48.3 Å². The molecule has 1 nitrogen and oxygen atoms in total. The van der Waals surface area contributed by atoms with E-state index in [1.54, 1.807) is 0 Å². The van der Waals surface area contributed by atoms with Crippen LogP contribution >= 0.6 is 0 Å². The van der Waals surface area contributed by atoms with Crippen LogP contribution in [0.15, 0.2) is 0 Å².